The summed E-state index contributed by atoms with van der Waals surface area (Å²) >= 11 is 0. The van der Waals surface area contributed by atoms with Crippen molar-refractivity contribution in [2.75, 3.05) is 14.2 Å². The first-order chi connectivity index (χ1) is 7.49. The van der Waals surface area contributed by atoms with Gasteiger partial charge in [0.25, 0.3) is 0 Å². The van der Waals surface area contributed by atoms with Gasteiger partial charge in [-0.3, -0.25) is 4.79 Å². The summed E-state index contributed by atoms with van der Waals surface area (Å²) in [5.41, 5.74) is 5.54. The number of rotatable bonds is 3. The van der Waals surface area contributed by atoms with Crippen LogP contribution in [0.3, 0.4) is 0 Å². The molecule has 0 aromatic carbocycles. The Morgan fingerprint density at radius 1 is 1.38 bits per heavy atom. The second-order valence-corrected chi connectivity index (χ2v) is 3.25. The Morgan fingerprint density at radius 3 is 1.69 bits per heavy atom. The lowest BCUT2D eigenvalue weighted by molar-refractivity contribution is -0.106. The first-order valence-electron chi connectivity index (χ1n) is 5.72. The predicted octanol–water partition coefficient (Wildman–Crippen LogP) is 3.39. The van der Waals surface area contributed by atoms with Crippen molar-refractivity contribution < 1.29 is 9.53 Å². The van der Waals surface area contributed by atoms with Crippen LogP contribution in [0.2, 0.25) is 0 Å². The molecule has 0 bridgehead atoms. The topological polar surface area (TPSA) is 52.3 Å². The Hall–Kier alpha value is -0.830. The average Bonchev–Trinajstić information content (AvgIpc) is 2.22. The van der Waals surface area contributed by atoms with Gasteiger partial charge in [0, 0.05) is 14.2 Å². The maximum absolute atomic E-state index is 8.58. The first-order valence-corrected chi connectivity index (χ1v) is 5.72. The van der Waals surface area contributed by atoms with Crippen molar-refractivity contribution in [2.24, 2.45) is 11.7 Å². The van der Waals surface area contributed by atoms with Crippen molar-refractivity contribution in [3.63, 3.8) is 0 Å². The molecule has 0 saturated carbocycles. The van der Waals surface area contributed by atoms with E-state index in [2.05, 4.69) is 37.8 Å². The number of carbonyl (C=O) groups is 1. The smallest absolute Gasteiger partial charge is 0.204 e. The third-order valence-corrected chi connectivity index (χ3v) is 1.20. The molecule has 0 aromatic rings. The largest absolute Gasteiger partial charge is 0.388 e. The van der Waals surface area contributed by atoms with E-state index in [4.69, 9.17) is 4.79 Å². The van der Waals surface area contributed by atoms with Crippen LogP contribution in [0.1, 0.15) is 47.5 Å². The van der Waals surface area contributed by atoms with E-state index in [0.717, 1.165) is 12.3 Å². The molecule has 1 amide bonds. The molecule has 0 heterocycles. The minimum atomic E-state index is 0.250. The Balaban J connectivity index is -0.0000000752. The van der Waals surface area contributed by atoms with Gasteiger partial charge >= 0.3 is 0 Å². The Bertz CT molecular complexity index is 123. The quantitative estimate of drug-likeness (QED) is 0.600. The SMILES string of the molecule is C=C(CC)CC(C)C.CC.COC.NC=O. The number of primary amides is 1. The highest BCUT2D eigenvalue weighted by Gasteiger charge is 1.93. The molecule has 100 valence electrons. The molecule has 0 aliphatic heterocycles. The van der Waals surface area contributed by atoms with E-state index in [9.17, 15) is 0 Å². The molecule has 0 fully saturated rings. The van der Waals surface area contributed by atoms with Crippen molar-refractivity contribution in [1.82, 2.24) is 0 Å². The summed E-state index contributed by atoms with van der Waals surface area (Å²) in [5.74, 6) is 0.780. The summed E-state index contributed by atoms with van der Waals surface area (Å²) in [6.07, 6.45) is 2.58. The van der Waals surface area contributed by atoms with Crippen molar-refractivity contribution in [1.29, 1.82) is 0 Å². The molecule has 2 N–H and O–H groups in total. The average molecular weight is 233 g/mol. The van der Waals surface area contributed by atoms with Crippen LogP contribution in [0.4, 0.5) is 0 Å². The highest BCUT2D eigenvalue weighted by Crippen LogP contribution is 2.10. The zero-order valence-corrected chi connectivity index (χ0v) is 12.2. The van der Waals surface area contributed by atoms with E-state index in [1.807, 2.05) is 13.8 Å². The van der Waals surface area contributed by atoms with E-state index in [-0.39, 0.29) is 6.41 Å². The van der Waals surface area contributed by atoms with Crippen LogP contribution >= 0.6 is 0 Å². The zero-order valence-electron chi connectivity index (χ0n) is 12.2. The lowest BCUT2D eigenvalue weighted by Gasteiger charge is -2.03. The molecule has 0 aliphatic rings. The fourth-order valence-electron chi connectivity index (χ4n) is 0.722. The van der Waals surface area contributed by atoms with E-state index < -0.39 is 0 Å². The lowest BCUT2D eigenvalue weighted by atomic mass is 10.0. The van der Waals surface area contributed by atoms with E-state index >= 15 is 0 Å². The molecule has 0 rings (SSSR count). The molecule has 0 aromatic heterocycles. The van der Waals surface area contributed by atoms with Gasteiger partial charge in [-0.2, -0.15) is 0 Å². The number of hydrogen-bond acceptors (Lipinski definition) is 2. The monoisotopic (exact) mass is 233 g/mol. The van der Waals surface area contributed by atoms with Gasteiger partial charge in [-0.1, -0.05) is 46.8 Å². The lowest BCUT2D eigenvalue weighted by Crippen LogP contribution is -1.87. The summed E-state index contributed by atoms with van der Waals surface area (Å²) < 4.78 is 4.25. The summed E-state index contributed by atoms with van der Waals surface area (Å²) in [4.78, 5) is 8.58. The minimum absolute atomic E-state index is 0.250. The third-order valence-electron chi connectivity index (χ3n) is 1.20. The molecule has 3 heteroatoms. The normalized spacial score (nSPS) is 7.25. The fourth-order valence-corrected chi connectivity index (χ4v) is 0.722. The summed E-state index contributed by atoms with van der Waals surface area (Å²) in [7, 11) is 3.25. The highest BCUT2D eigenvalue weighted by atomic mass is 16.4. The molecule has 0 saturated heterocycles. The second kappa shape index (κ2) is 29.2. The highest BCUT2D eigenvalue weighted by molar-refractivity contribution is 5.42. The van der Waals surface area contributed by atoms with Gasteiger partial charge in [0.1, 0.15) is 0 Å². The zero-order chi connectivity index (χ0) is 14.0. The Kier molecular flexibility index (Phi) is 44.6. The number of nitrogens with two attached hydrogens (primary N) is 1. The van der Waals surface area contributed by atoms with Gasteiger partial charge in [0.2, 0.25) is 6.41 Å². The van der Waals surface area contributed by atoms with Crippen molar-refractivity contribution in [2.45, 2.75) is 47.5 Å². The number of amides is 1. The standard InChI is InChI=1S/C8H16.C2H6O.C2H6.CH3NO/c1-5-8(4)6-7(2)3;1-3-2;1-2;2-1-3/h7H,4-6H2,1-3H3;1-2H3;1-2H3;1H,(H2,2,3). The number of carbonyl (C=O) groups excluding carboxylic acids is 1. The molecule has 0 spiro atoms. The van der Waals surface area contributed by atoms with Crippen LogP contribution in [-0.2, 0) is 9.53 Å². The molecule has 0 radical (unpaired) electrons. The van der Waals surface area contributed by atoms with E-state index in [0.29, 0.717) is 0 Å². The molecular formula is C13H31NO2. The van der Waals surface area contributed by atoms with Crippen LogP contribution < -0.4 is 5.73 Å². The van der Waals surface area contributed by atoms with E-state index in [1.54, 1.807) is 14.2 Å². The van der Waals surface area contributed by atoms with Crippen LogP contribution in [0.5, 0.6) is 0 Å². The van der Waals surface area contributed by atoms with Gasteiger partial charge in [0.05, 0.1) is 0 Å². The number of ether oxygens (including phenoxy) is 1. The molecule has 0 unspecified atom stereocenters. The molecule has 0 aliphatic carbocycles. The van der Waals surface area contributed by atoms with Gasteiger partial charge in [-0.05, 0) is 18.8 Å². The number of hydrogen-bond donors (Lipinski definition) is 1. The maximum Gasteiger partial charge on any atom is 0.204 e. The van der Waals surface area contributed by atoms with Gasteiger partial charge in [0.15, 0.2) is 0 Å². The third kappa shape index (κ3) is 73.0. The summed E-state index contributed by atoms with van der Waals surface area (Å²) in [6.45, 7) is 14.5. The summed E-state index contributed by atoms with van der Waals surface area (Å²) in [6, 6.07) is 0. The van der Waals surface area contributed by atoms with Crippen molar-refractivity contribution >= 4 is 6.41 Å². The van der Waals surface area contributed by atoms with Crippen LogP contribution in [0.25, 0.3) is 0 Å². The first kappa shape index (κ1) is 24.4. The predicted molar refractivity (Wildman–Crippen MR) is 73.4 cm³/mol. The van der Waals surface area contributed by atoms with Crippen LogP contribution in [-0.4, -0.2) is 20.6 Å². The van der Waals surface area contributed by atoms with Gasteiger partial charge in [-0.15, -0.1) is 0 Å². The van der Waals surface area contributed by atoms with E-state index in [1.165, 1.54) is 12.0 Å². The molecule has 3 nitrogen and oxygen atoms in total. The van der Waals surface area contributed by atoms with Crippen molar-refractivity contribution in [3.8, 4) is 0 Å². The van der Waals surface area contributed by atoms with Gasteiger partial charge < -0.3 is 10.5 Å². The van der Waals surface area contributed by atoms with Crippen LogP contribution in [0.15, 0.2) is 12.2 Å². The number of allylic oxidation sites excluding steroid dienone is 1. The Labute approximate surface area is 102 Å². The number of methoxy groups -OCH3 is 1. The van der Waals surface area contributed by atoms with Gasteiger partial charge in [-0.25, -0.2) is 0 Å². The Morgan fingerprint density at radius 2 is 1.62 bits per heavy atom. The molecule has 16 heavy (non-hydrogen) atoms. The molecule has 0 atom stereocenters. The molecular weight excluding hydrogens is 202 g/mol. The summed E-state index contributed by atoms with van der Waals surface area (Å²) in [5, 5.41) is 0. The second-order valence-electron chi connectivity index (χ2n) is 3.25. The fraction of sp³-hybridized carbons (Fsp3) is 0.769. The van der Waals surface area contributed by atoms with Crippen LogP contribution in [0, 0.1) is 5.92 Å². The minimum Gasteiger partial charge on any atom is -0.388 e. The van der Waals surface area contributed by atoms with Crippen molar-refractivity contribution in [3.05, 3.63) is 12.2 Å². The maximum atomic E-state index is 8.58.